The average Bonchev–Trinajstić information content (AvgIpc) is 2.73. The molecule has 1 heterocycles. The number of rotatable bonds is 4. The molecule has 0 radical (unpaired) electrons. The summed E-state index contributed by atoms with van der Waals surface area (Å²) in [7, 11) is 0. The van der Waals surface area contributed by atoms with Gasteiger partial charge in [-0.15, -0.1) is 0 Å². The van der Waals surface area contributed by atoms with Crippen LogP contribution in [-0.4, -0.2) is 40.6 Å². The molecule has 0 bridgehead atoms. The topological polar surface area (TPSA) is 69.6 Å². The van der Waals surface area contributed by atoms with E-state index in [0.29, 0.717) is 6.54 Å². The van der Waals surface area contributed by atoms with E-state index < -0.39 is 11.5 Å². The minimum atomic E-state index is -1.22. The largest absolute Gasteiger partial charge is 0.480 e. The SMILES string of the molecule is CCC1(CC)CCN(C(=O)NC(C)(C)C(=O)O)C1. The van der Waals surface area contributed by atoms with Crippen molar-refractivity contribution in [3.63, 3.8) is 0 Å². The predicted octanol–water partition coefficient (Wildman–Crippen LogP) is 2.07. The molecule has 0 aromatic rings. The molecule has 5 nitrogen and oxygen atoms in total. The number of hydrogen-bond acceptors (Lipinski definition) is 2. The summed E-state index contributed by atoms with van der Waals surface area (Å²) in [6.07, 6.45) is 3.10. The van der Waals surface area contributed by atoms with Crippen molar-refractivity contribution in [3.8, 4) is 0 Å². The molecule has 1 aliphatic rings. The Morgan fingerprint density at radius 1 is 1.33 bits per heavy atom. The van der Waals surface area contributed by atoms with Gasteiger partial charge >= 0.3 is 12.0 Å². The molecule has 18 heavy (non-hydrogen) atoms. The van der Waals surface area contributed by atoms with E-state index in [1.165, 1.54) is 13.8 Å². The highest BCUT2D eigenvalue weighted by molar-refractivity contribution is 5.85. The Bertz CT molecular complexity index is 335. The van der Waals surface area contributed by atoms with Gasteiger partial charge in [-0.3, -0.25) is 0 Å². The molecule has 1 rings (SSSR count). The van der Waals surface area contributed by atoms with Gasteiger partial charge < -0.3 is 15.3 Å². The van der Waals surface area contributed by atoms with Gasteiger partial charge in [-0.25, -0.2) is 9.59 Å². The van der Waals surface area contributed by atoms with Gasteiger partial charge in [0.05, 0.1) is 0 Å². The smallest absolute Gasteiger partial charge is 0.328 e. The summed E-state index contributed by atoms with van der Waals surface area (Å²) in [4.78, 5) is 24.7. The minimum absolute atomic E-state index is 0.213. The molecule has 104 valence electrons. The molecule has 0 aromatic heterocycles. The molecule has 2 N–H and O–H groups in total. The van der Waals surface area contributed by atoms with Gasteiger partial charge in [0.25, 0.3) is 0 Å². The number of nitrogens with zero attached hydrogens (tertiary/aromatic N) is 1. The number of carboxylic acid groups (broad SMARTS) is 1. The van der Waals surface area contributed by atoms with Crippen molar-refractivity contribution in [2.75, 3.05) is 13.1 Å². The Morgan fingerprint density at radius 2 is 1.89 bits per heavy atom. The summed E-state index contributed by atoms with van der Waals surface area (Å²) in [6.45, 7) is 8.72. The van der Waals surface area contributed by atoms with Gasteiger partial charge in [-0.1, -0.05) is 13.8 Å². The summed E-state index contributed by atoms with van der Waals surface area (Å²) >= 11 is 0. The number of carbonyl (C=O) groups excluding carboxylic acids is 1. The van der Waals surface area contributed by atoms with Crippen molar-refractivity contribution in [2.24, 2.45) is 5.41 Å². The Balaban J connectivity index is 2.63. The maximum absolute atomic E-state index is 12.0. The van der Waals surface area contributed by atoms with Gasteiger partial charge in [-0.05, 0) is 38.5 Å². The van der Waals surface area contributed by atoms with Crippen LogP contribution in [0.15, 0.2) is 0 Å². The van der Waals surface area contributed by atoms with Crippen LogP contribution in [0.5, 0.6) is 0 Å². The molecule has 5 heteroatoms. The molecule has 1 fully saturated rings. The molecule has 0 saturated carbocycles. The lowest BCUT2D eigenvalue weighted by atomic mass is 9.82. The van der Waals surface area contributed by atoms with Gasteiger partial charge in [0, 0.05) is 13.1 Å². The minimum Gasteiger partial charge on any atom is -0.480 e. The van der Waals surface area contributed by atoms with Gasteiger partial charge in [0.1, 0.15) is 5.54 Å². The zero-order chi connectivity index (χ0) is 14.0. The number of amides is 2. The van der Waals surface area contributed by atoms with Crippen LogP contribution >= 0.6 is 0 Å². The number of likely N-dealkylation sites (tertiary alicyclic amines) is 1. The quantitative estimate of drug-likeness (QED) is 0.809. The highest BCUT2D eigenvalue weighted by Gasteiger charge is 2.39. The third-order valence-corrected chi connectivity index (χ3v) is 4.18. The van der Waals surface area contributed by atoms with Crippen molar-refractivity contribution < 1.29 is 14.7 Å². The second-order valence-corrected chi connectivity index (χ2v) is 5.74. The Labute approximate surface area is 109 Å². The maximum atomic E-state index is 12.0. The molecule has 0 spiro atoms. The lowest BCUT2D eigenvalue weighted by Crippen LogP contribution is -2.54. The van der Waals surface area contributed by atoms with Gasteiger partial charge in [0.2, 0.25) is 0 Å². The number of hydrogen-bond donors (Lipinski definition) is 2. The standard InChI is InChI=1S/C13H24N2O3/c1-5-13(6-2)7-8-15(9-13)11(18)14-12(3,4)10(16)17/h5-9H2,1-4H3,(H,14,18)(H,16,17). The summed E-state index contributed by atoms with van der Waals surface area (Å²) in [5.41, 5.74) is -1.01. The lowest BCUT2D eigenvalue weighted by Gasteiger charge is -2.28. The van der Waals surface area contributed by atoms with Crippen LogP contribution in [0, 0.1) is 5.41 Å². The zero-order valence-corrected chi connectivity index (χ0v) is 11.7. The second-order valence-electron chi connectivity index (χ2n) is 5.74. The van der Waals surface area contributed by atoms with Crippen molar-refractivity contribution in [3.05, 3.63) is 0 Å². The van der Waals surface area contributed by atoms with Crippen molar-refractivity contribution in [1.29, 1.82) is 0 Å². The predicted molar refractivity (Wildman–Crippen MR) is 69.5 cm³/mol. The number of urea groups is 1. The molecule has 1 saturated heterocycles. The number of aliphatic carboxylic acids is 1. The second kappa shape index (κ2) is 5.16. The van der Waals surface area contributed by atoms with E-state index in [-0.39, 0.29) is 11.4 Å². The Hall–Kier alpha value is -1.26. The fraction of sp³-hybridized carbons (Fsp3) is 0.846. The van der Waals surface area contributed by atoms with Gasteiger partial charge in [0.15, 0.2) is 0 Å². The zero-order valence-electron chi connectivity index (χ0n) is 11.7. The molecular formula is C13H24N2O3. The van der Waals surface area contributed by atoms with Crippen LogP contribution in [0.1, 0.15) is 47.0 Å². The molecule has 0 aliphatic carbocycles. The van der Waals surface area contributed by atoms with Crippen molar-refractivity contribution in [2.45, 2.75) is 52.5 Å². The number of nitrogens with one attached hydrogen (secondary N) is 1. The maximum Gasteiger partial charge on any atom is 0.328 e. The average molecular weight is 256 g/mol. The molecule has 0 unspecified atom stereocenters. The molecule has 1 aliphatic heterocycles. The first-order valence-corrected chi connectivity index (χ1v) is 6.57. The van der Waals surface area contributed by atoms with E-state index in [1.807, 2.05) is 0 Å². The fourth-order valence-corrected chi connectivity index (χ4v) is 2.34. The summed E-state index contributed by atoms with van der Waals surface area (Å²) in [5.74, 6) is -1.02. The highest BCUT2D eigenvalue weighted by Crippen LogP contribution is 2.36. The highest BCUT2D eigenvalue weighted by atomic mass is 16.4. The van der Waals surface area contributed by atoms with E-state index >= 15 is 0 Å². The molecular weight excluding hydrogens is 232 g/mol. The van der Waals surface area contributed by atoms with Crippen molar-refractivity contribution >= 4 is 12.0 Å². The first kappa shape index (κ1) is 14.8. The number of carboxylic acids is 1. The molecule has 0 aromatic carbocycles. The Kier molecular flexibility index (Phi) is 4.24. The third-order valence-electron chi connectivity index (χ3n) is 4.18. The molecule has 2 amide bonds. The first-order valence-electron chi connectivity index (χ1n) is 6.57. The lowest BCUT2D eigenvalue weighted by molar-refractivity contribution is -0.143. The Morgan fingerprint density at radius 3 is 2.28 bits per heavy atom. The monoisotopic (exact) mass is 256 g/mol. The summed E-state index contributed by atoms with van der Waals surface area (Å²) in [5, 5.41) is 11.6. The summed E-state index contributed by atoms with van der Waals surface area (Å²) < 4.78 is 0. The number of carbonyl (C=O) groups is 2. The van der Waals surface area contributed by atoms with E-state index in [2.05, 4.69) is 19.2 Å². The van der Waals surface area contributed by atoms with Crippen LogP contribution < -0.4 is 5.32 Å². The van der Waals surface area contributed by atoms with Crippen LogP contribution in [0.2, 0.25) is 0 Å². The van der Waals surface area contributed by atoms with Crippen LogP contribution in [0.3, 0.4) is 0 Å². The van der Waals surface area contributed by atoms with Crippen LogP contribution in [0.4, 0.5) is 4.79 Å². The van der Waals surface area contributed by atoms with Crippen LogP contribution in [0.25, 0.3) is 0 Å². The third kappa shape index (κ3) is 2.94. The fourth-order valence-electron chi connectivity index (χ4n) is 2.34. The van der Waals surface area contributed by atoms with E-state index in [9.17, 15) is 9.59 Å². The van der Waals surface area contributed by atoms with E-state index in [1.54, 1.807) is 4.90 Å². The van der Waals surface area contributed by atoms with Crippen LogP contribution in [-0.2, 0) is 4.79 Å². The normalized spacial score (nSPS) is 18.8. The van der Waals surface area contributed by atoms with Crippen molar-refractivity contribution in [1.82, 2.24) is 10.2 Å². The first-order chi connectivity index (χ1) is 8.26. The van der Waals surface area contributed by atoms with E-state index in [4.69, 9.17) is 5.11 Å². The summed E-state index contributed by atoms with van der Waals surface area (Å²) in [6, 6.07) is -0.272. The van der Waals surface area contributed by atoms with Gasteiger partial charge in [-0.2, -0.15) is 0 Å². The van der Waals surface area contributed by atoms with E-state index in [0.717, 1.165) is 25.8 Å². The molecule has 0 atom stereocenters.